The molecule has 0 radical (unpaired) electrons. The summed E-state index contributed by atoms with van der Waals surface area (Å²) < 4.78 is 2.01. The van der Waals surface area contributed by atoms with Gasteiger partial charge in [-0.15, -0.1) is 10.2 Å². The molecule has 7 heteroatoms. The molecule has 0 aromatic carbocycles. The third-order valence-corrected chi connectivity index (χ3v) is 3.88. The summed E-state index contributed by atoms with van der Waals surface area (Å²) >= 11 is 1.33. The molecule has 0 spiro atoms. The third kappa shape index (κ3) is 3.16. The van der Waals surface area contributed by atoms with Crippen molar-refractivity contribution in [2.75, 3.05) is 0 Å². The zero-order valence-electron chi connectivity index (χ0n) is 11.5. The fourth-order valence-corrected chi connectivity index (χ4v) is 2.56. The molecule has 2 rings (SSSR count). The predicted octanol–water partition coefficient (Wildman–Crippen LogP) is 1.72. The molecule has 20 heavy (non-hydrogen) atoms. The van der Waals surface area contributed by atoms with Gasteiger partial charge < -0.3 is 10.3 Å². The van der Waals surface area contributed by atoms with E-state index in [0.717, 1.165) is 24.4 Å². The smallest absolute Gasteiger partial charge is 0.230 e. The van der Waals surface area contributed by atoms with E-state index in [1.807, 2.05) is 16.7 Å². The highest BCUT2D eigenvalue weighted by Gasteiger charge is 2.18. The molecule has 0 unspecified atom stereocenters. The monoisotopic (exact) mass is 291 g/mol. The Kier molecular flexibility index (Phi) is 4.73. The lowest BCUT2D eigenvalue weighted by Crippen LogP contribution is -2.23. The van der Waals surface area contributed by atoms with Crippen molar-refractivity contribution in [3.05, 3.63) is 24.5 Å². The van der Waals surface area contributed by atoms with Gasteiger partial charge in [0, 0.05) is 24.5 Å². The SMILES string of the molecule is CCCn1c(S[C@@H](C)C(N)=O)nnc1-c1ccncc1. The van der Waals surface area contributed by atoms with E-state index < -0.39 is 0 Å². The van der Waals surface area contributed by atoms with E-state index in [1.54, 1.807) is 19.3 Å². The van der Waals surface area contributed by atoms with Crippen molar-refractivity contribution in [2.45, 2.75) is 37.2 Å². The van der Waals surface area contributed by atoms with Crippen molar-refractivity contribution in [2.24, 2.45) is 5.73 Å². The van der Waals surface area contributed by atoms with Crippen LogP contribution in [0.2, 0.25) is 0 Å². The number of thioether (sulfide) groups is 1. The van der Waals surface area contributed by atoms with Crippen molar-refractivity contribution in [3.8, 4) is 11.4 Å². The van der Waals surface area contributed by atoms with Gasteiger partial charge in [-0.2, -0.15) is 0 Å². The normalized spacial score (nSPS) is 12.3. The average molecular weight is 291 g/mol. The Labute approximate surface area is 121 Å². The summed E-state index contributed by atoms with van der Waals surface area (Å²) in [5, 5.41) is 8.79. The molecule has 2 aromatic heterocycles. The first-order valence-electron chi connectivity index (χ1n) is 6.43. The van der Waals surface area contributed by atoms with Crippen LogP contribution in [0.4, 0.5) is 0 Å². The number of primary amides is 1. The Balaban J connectivity index is 2.35. The number of rotatable bonds is 6. The first kappa shape index (κ1) is 14.5. The summed E-state index contributed by atoms with van der Waals surface area (Å²) in [6.07, 6.45) is 4.40. The van der Waals surface area contributed by atoms with Crippen LogP contribution in [-0.2, 0) is 11.3 Å². The fourth-order valence-electron chi connectivity index (χ4n) is 1.73. The molecule has 106 valence electrons. The Morgan fingerprint density at radius 2 is 2.10 bits per heavy atom. The number of hydrogen-bond acceptors (Lipinski definition) is 5. The number of aromatic nitrogens is 4. The van der Waals surface area contributed by atoms with Crippen molar-refractivity contribution < 1.29 is 4.79 Å². The van der Waals surface area contributed by atoms with Crippen molar-refractivity contribution >= 4 is 17.7 Å². The van der Waals surface area contributed by atoms with Crippen LogP contribution >= 0.6 is 11.8 Å². The maximum absolute atomic E-state index is 11.2. The van der Waals surface area contributed by atoms with Crippen molar-refractivity contribution in [3.63, 3.8) is 0 Å². The number of hydrogen-bond donors (Lipinski definition) is 1. The second-order valence-corrected chi connectivity index (χ2v) is 5.66. The summed E-state index contributed by atoms with van der Waals surface area (Å²) in [6.45, 7) is 4.64. The lowest BCUT2D eigenvalue weighted by molar-refractivity contribution is -0.117. The van der Waals surface area contributed by atoms with Gasteiger partial charge in [0.1, 0.15) is 0 Å². The average Bonchev–Trinajstić information content (AvgIpc) is 2.83. The molecule has 2 aromatic rings. The largest absolute Gasteiger partial charge is 0.369 e. The van der Waals surface area contributed by atoms with Gasteiger partial charge in [-0.25, -0.2) is 0 Å². The number of carbonyl (C=O) groups excluding carboxylic acids is 1. The first-order chi connectivity index (χ1) is 9.63. The summed E-state index contributed by atoms with van der Waals surface area (Å²) in [5.74, 6) is 0.430. The molecule has 6 nitrogen and oxygen atoms in total. The van der Waals surface area contributed by atoms with Gasteiger partial charge in [0.05, 0.1) is 5.25 Å². The topological polar surface area (TPSA) is 86.7 Å². The second kappa shape index (κ2) is 6.51. The summed E-state index contributed by atoms with van der Waals surface area (Å²) in [4.78, 5) is 15.2. The third-order valence-electron chi connectivity index (χ3n) is 2.79. The van der Waals surface area contributed by atoms with Crippen LogP contribution in [0.25, 0.3) is 11.4 Å². The molecule has 0 bridgehead atoms. The van der Waals surface area contributed by atoms with Crippen LogP contribution < -0.4 is 5.73 Å². The zero-order chi connectivity index (χ0) is 14.5. The molecular weight excluding hydrogens is 274 g/mol. The van der Waals surface area contributed by atoms with E-state index in [4.69, 9.17) is 5.73 Å². The van der Waals surface area contributed by atoms with E-state index in [0.29, 0.717) is 5.16 Å². The minimum Gasteiger partial charge on any atom is -0.369 e. The van der Waals surface area contributed by atoms with Crippen LogP contribution in [0.15, 0.2) is 29.7 Å². The number of nitrogens with zero attached hydrogens (tertiary/aromatic N) is 4. The molecule has 0 aliphatic carbocycles. The Hall–Kier alpha value is -1.89. The second-order valence-electron chi connectivity index (χ2n) is 4.36. The van der Waals surface area contributed by atoms with E-state index in [2.05, 4.69) is 22.1 Å². The lowest BCUT2D eigenvalue weighted by atomic mass is 10.2. The van der Waals surface area contributed by atoms with Gasteiger partial charge >= 0.3 is 0 Å². The van der Waals surface area contributed by atoms with Gasteiger partial charge in [-0.1, -0.05) is 18.7 Å². The molecule has 0 saturated carbocycles. The molecule has 0 aliphatic rings. The molecule has 1 amide bonds. The number of pyridine rings is 1. The Bertz CT molecular complexity index is 584. The quantitative estimate of drug-likeness (QED) is 0.819. The first-order valence-corrected chi connectivity index (χ1v) is 7.31. The molecule has 2 heterocycles. The van der Waals surface area contributed by atoms with E-state index in [-0.39, 0.29) is 11.2 Å². The van der Waals surface area contributed by atoms with Gasteiger partial charge in [0.25, 0.3) is 0 Å². The molecule has 0 fully saturated rings. The maximum Gasteiger partial charge on any atom is 0.230 e. The van der Waals surface area contributed by atoms with Gasteiger partial charge in [0.2, 0.25) is 5.91 Å². The van der Waals surface area contributed by atoms with Crippen molar-refractivity contribution in [1.82, 2.24) is 19.7 Å². The predicted molar refractivity (Wildman–Crippen MR) is 78.1 cm³/mol. The number of amides is 1. The highest BCUT2D eigenvalue weighted by Crippen LogP contribution is 2.26. The maximum atomic E-state index is 11.2. The highest BCUT2D eigenvalue weighted by atomic mass is 32.2. The highest BCUT2D eigenvalue weighted by molar-refractivity contribution is 8.00. The fraction of sp³-hybridized carbons (Fsp3) is 0.385. The van der Waals surface area contributed by atoms with E-state index in [1.165, 1.54) is 11.8 Å². The molecule has 0 aliphatic heterocycles. The molecule has 2 N–H and O–H groups in total. The van der Waals surface area contributed by atoms with Crippen LogP contribution in [0.1, 0.15) is 20.3 Å². The summed E-state index contributed by atoms with van der Waals surface area (Å²) in [7, 11) is 0. The van der Waals surface area contributed by atoms with Crippen LogP contribution in [-0.4, -0.2) is 30.9 Å². The number of nitrogens with two attached hydrogens (primary N) is 1. The summed E-state index contributed by atoms with van der Waals surface area (Å²) in [5.41, 5.74) is 6.26. The van der Waals surface area contributed by atoms with Gasteiger partial charge in [0.15, 0.2) is 11.0 Å². The molecule has 0 saturated heterocycles. The minimum absolute atomic E-state index is 0.333. The van der Waals surface area contributed by atoms with Crippen molar-refractivity contribution in [1.29, 1.82) is 0 Å². The standard InChI is InChI=1S/C13H17N5OS/c1-3-8-18-12(10-4-6-15-7-5-10)16-17-13(18)20-9(2)11(14)19/h4-7,9H,3,8H2,1-2H3,(H2,14,19)/t9-/m0/s1. The van der Waals surface area contributed by atoms with Crippen LogP contribution in [0.5, 0.6) is 0 Å². The van der Waals surface area contributed by atoms with E-state index >= 15 is 0 Å². The Morgan fingerprint density at radius 1 is 1.40 bits per heavy atom. The van der Waals surface area contributed by atoms with E-state index in [9.17, 15) is 4.79 Å². The minimum atomic E-state index is -0.355. The zero-order valence-corrected chi connectivity index (χ0v) is 12.3. The molecule has 1 atom stereocenters. The van der Waals surface area contributed by atoms with Gasteiger partial charge in [-0.05, 0) is 25.5 Å². The van der Waals surface area contributed by atoms with Gasteiger partial charge in [-0.3, -0.25) is 9.78 Å². The van der Waals surface area contributed by atoms with Crippen LogP contribution in [0, 0.1) is 0 Å². The Morgan fingerprint density at radius 3 is 2.70 bits per heavy atom. The number of carbonyl (C=O) groups is 1. The summed E-state index contributed by atoms with van der Waals surface area (Å²) in [6, 6.07) is 3.78. The lowest BCUT2D eigenvalue weighted by Gasteiger charge is -2.10. The molecular formula is C13H17N5OS. The van der Waals surface area contributed by atoms with Crippen LogP contribution in [0.3, 0.4) is 0 Å².